The van der Waals surface area contributed by atoms with Crippen molar-refractivity contribution in [2.75, 3.05) is 19.7 Å². The zero-order chi connectivity index (χ0) is 15.5. The van der Waals surface area contributed by atoms with Gasteiger partial charge in [0.05, 0.1) is 24.5 Å². The minimum absolute atomic E-state index is 0.00121. The molecule has 1 saturated heterocycles. The molecule has 2 fully saturated rings. The van der Waals surface area contributed by atoms with Crippen LogP contribution in [0.2, 0.25) is 0 Å². The molecule has 2 amide bonds. The third kappa shape index (κ3) is 3.14. The number of amides is 2. The van der Waals surface area contributed by atoms with Gasteiger partial charge in [-0.25, -0.2) is 0 Å². The van der Waals surface area contributed by atoms with Gasteiger partial charge in [0.1, 0.15) is 0 Å². The lowest BCUT2D eigenvalue weighted by Crippen LogP contribution is -2.38. The average Bonchev–Trinajstić information content (AvgIpc) is 3.31. The minimum atomic E-state index is -0.181. The number of carbonyl (C=O) groups excluding carboxylic acids is 2. The fraction of sp³-hybridized carbons (Fsp3) is 0.529. The molecule has 0 radical (unpaired) electrons. The van der Waals surface area contributed by atoms with Gasteiger partial charge in [-0.1, -0.05) is 30.3 Å². The molecule has 0 bridgehead atoms. The largest absolute Gasteiger partial charge is 0.378 e. The fourth-order valence-electron chi connectivity index (χ4n) is 3.11. The first-order valence-corrected chi connectivity index (χ1v) is 7.94. The van der Waals surface area contributed by atoms with E-state index in [1.807, 2.05) is 42.2 Å². The van der Waals surface area contributed by atoms with Crippen molar-refractivity contribution >= 4 is 11.8 Å². The Kier molecular flexibility index (Phi) is 4.43. The fourth-order valence-corrected chi connectivity index (χ4v) is 3.11. The van der Waals surface area contributed by atoms with Crippen LogP contribution in [0, 0.1) is 5.92 Å². The summed E-state index contributed by atoms with van der Waals surface area (Å²) in [4.78, 5) is 26.6. The highest BCUT2D eigenvalue weighted by molar-refractivity contribution is 5.84. The Balaban J connectivity index is 1.79. The molecule has 3 rings (SSSR count). The predicted octanol–water partition coefficient (Wildman–Crippen LogP) is 1.50. The molecule has 1 heterocycles. The maximum atomic E-state index is 12.8. The van der Waals surface area contributed by atoms with Crippen LogP contribution in [0.5, 0.6) is 0 Å². The molecule has 1 aliphatic carbocycles. The standard InChI is InChI=1S/C17H22N2O3/c1-2-22-15-10-13(15)17(21)19-9-8-18-16(20)11-14(19)12-6-4-3-5-7-12/h3-7,13-15H,2,8-11H2,1H3,(H,18,20). The van der Waals surface area contributed by atoms with E-state index in [4.69, 9.17) is 4.74 Å². The van der Waals surface area contributed by atoms with E-state index in [9.17, 15) is 9.59 Å². The van der Waals surface area contributed by atoms with Gasteiger partial charge in [0, 0.05) is 19.7 Å². The quantitative estimate of drug-likeness (QED) is 0.917. The second-order valence-electron chi connectivity index (χ2n) is 5.85. The number of carbonyl (C=O) groups is 2. The van der Waals surface area contributed by atoms with Crippen LogP contribution in [0.1, 0.15) is 31.4 Å². The van der Waals surface area contributed by atoms with E-state index in [-0.39, 0.29) is 29.9 Å². The molecule has 0 spiro atoms. The zero-order valence-electron chi connectivity index (χ0n) is 12.8. The number of hydrogen-bond acceptors (Lipinski definition) is 3. The second kappa shape index (κ2) is 6.48. The van der Waals surface area contributed by atoms with E-state index in [2.05, 4.69) is 5.32 Å². The van der Waals surface area contributed by atoms with E-state index in [1.165, 1.54) is 0 Å². The van der Waals surface area contributed by atoms with Gasteiger partial charge in [0.2, 0.25) is 11.8 Å². The number of nitrogens with zero attached hydrogens (tertiary/aromatic N) is 1. The van der Waals surface area contributed by atoms with E-state index in [0.717, 1.165) is 12.0 Å². The van der Waals surface area contributed by atoms with Crippen molar-refractivity contribution < 1.29 is 14.3 Å². The maximum Gasteiger partial charge on any atom is 0.228 e. The van der Waals surface area contributed by atoms with E-state index in [0.29, 0.717) is 26.1 Å². The predicted molar refractivity (Wildman–Crippen MR) is 82.0 cm³/mol. The third-order valence-electron chi connectivity index (χ3n) is 4.33. The number of benzene rings is 1. The topological polar surface area (TPSA) is 58.6 Å². The highest BCUT2D eigenvalue weighted by Gasteiger charge is 2.47. The van der Waals surface area contributed by atoms with Gasteiger partial charge in [0.15, 0.2) is 0 Å². The molecule has 3 atom stereocenters. The van der Waals surface area contributed by atoms with Crippen LogP contribution >= 0.6 is 0 Å². The molecular weight excluding hydrogens is 280 g/mol. The molecule has 5 heteroatoms. The van der Waals surface area contributed by atoms with Crippen LogP contribution < -0.4 is 5.32 Å². The van der Waals surface area contributed by atoms with E-state index < -0.39 is 0 Å². The lowest BCUT2D eigenvalue weighted by molar-refractivity contribution is -0.136. The van der Waals surface area contributed by atoms with Crippen LogP contribution in [0.15, 0.2) is 30.3 Å². The first-order valence-electron chi connectivity index (χ1n) is 7.94. The van der Waals surface area contributed by atoms with Crippen LogP contribution in [0.4, 0.5) is 0 Å². The maximum absolute atomic E-state index is 12.8. The Morgan fingerprint density at radius 1 is 1.36 bits per heavy atom. The molecule has 2 aliphatic rings. The monoisotopic (exact) mass is 302 g/mol. The van der Waals surface area contributed by atoms with Gasteiger partial charge in [-0.3, -0.25) is 9.59 Å². The first kappa shape index (κ1) is 15.0. The SMILES string of the molecule is CCOC1CC1C(=O)N1CCNC(=O)CC1c1ccccc1. The van der Waals surface area contributed by atoms with Gasteiger partial charge in [-0.05, 0) is 18.9 Å². The molecule has 118 valence electrons. The number of nitrogens with one attached hydrogen (secondary N) is 1. The summed E-state index contributed by atoms with van der Waals surface area (Å²) < 4.78 is 5.54. The van der Waals surface area contributed by atoms with Crippen molar-refractivity contribution in [3.8, 4) is 0 Å². The van der Waals surface area contributed by atoms with Crippen molar-refractivity contribution in [3.63, 3.8) is 0 Å². The molecule has 1 aromatic carbocycles. The van der Waals surface area contributed by atoms with Crippen LogP contribution in [-0.4, -0.2) is 42.5 Å². The Hall–Kier alpha value is -1.88. The van der Waals surface area contributed by atoms with Gasteiger partial charge >= 0.3 is 0 Å². The highest BCUT2D eigenvalue weighted by atomic mass is 16.5. The molecule has 1 aliphatic heterocycles. The Bertz CT molecular complexity index is 546. The normalized spacial score (nSPS) is 28.0. The summed E-state index contributed by atoms with van der Waals surface area (Å²) >= 11 is 0. The van der Waals surface area contributed by atoms with Crippen LogP contribution in [-0.2, 0) is 14.3 Å². The van der Waals surface area contributed by atoms with Gasteiger partial charge < -0.3 is 15.0 Å². The Morgan fingerprint density at radius 3 is 2.86 bits per heavy atom. The number of rotatable bonds is 4. The van der Waals surface area contributed by atoms with Crippen molar-refractivity contribution in [2.24, 2.45) is 5.92 Å². The summed E-state index contributed by atoms with van der Waals surface area (Å²) in [5.74, 6) is 0.0736. The molecule has 3 unspecified atom stereocenters. The smallest absolute Gasteiger partial charge is 0.228 e. The molecule has 1 aromatic rings. The van der Waals surface area contributed by atoms with Crippen molar-refractivity contribution in [2.45, 2.75) is 31.9 Å². The van der Waals surface area contributed by atoms with Crippen LogP contribution in [0.25, 0.3) is 0 Å². The van der Waals surface area contributed by atoms with Crippen molar-refractivity contribution in [3.05, 3.63) is 35.9 Å². The summed E-state index contributed by atoms with van der Waals surface area (Å²) in [6.07, 6.45) is 1.18. The third-order valence-corrected chi connectivity index (χ3v) is 4.33. The minimum Gasteiger partial charge on any atom is -0.378 e. The average molecular weight is 302 g/mol. The number of ether oxygens (including phenoxy) is 1. The summed E-state index contributed by atoms with van der Waals surface area (Å²) in [6.45, 7) is 3.65. The van der Waals surface area contributed by atoms with Gasteiger partial charge in [-0.15, -0.1) is 0 Å². The van der Waals surface area contributed by atoms with E-state index in [1.54, 1.807) is 0 Å². The molecule has 0 aromatic heterocycles. The first-order chi connectivity index (χ1) is 10.7. The van der Waals surface area contributed by atoms with Crippen LogP contribution in [0.3, 0.4) is 0 Å². The molecule has 5 nitrogen and oxygen atoms in total. The Labute approximate surface area is 130 Å². The van der Waals surface area contributed by atoms with Crippen molar-refractivity contribution in [1.29, 1.82) is 0 Å². The summed E-state index contributed by atoms with van der Waals surface area (Å²) in [7, 11) is 0. The molecule has 22 heavy (non-hydrogen) atoms. The lowest BCUT2D eigenvalue weighted by atomic mass is 10.0. The second-order valence-corrected chi connectivity index (χ2v) is 5.85. The van der Waals surface area contributed by atoms with E-state index >= 15 is 0 Å². The van der Waals surface area contributed by atoms with Crippen molar-refractivity contribution in [1.82, 2.24) is 10.2 Å². The summed E-state index contributed by atoms with van der Waals surface area (Å²) in [5, 5.41) is 2.86. The zero-order valence-corrected chi connectivity index (χ0v) is 12.8. The molecular formula is C17H22N2O3. The summed E-state index contributed by atoms with van der Waals surface area (Å²) in [5.41, 5.74) is 1.02. The highest BCUT2D eigenvalue weighted by Crippen LogP contribution is 2.38. The lowest BCUT2D eigenvalue weighted by Gasteiger charge is -2.29. The van der Waals surface area contributed by atoms with Gasteiger partial charge in [0.25, 0.3) is 0 Å². The Morgan fingerprint density at radius 2 is 2.14 bits per heavy atom. The van der Waals surface area contributed by atoms with Gasteiger partial charge in [-0.2, -0.15) is 0 Å². The summed E-state index contributed by atoms with van der Waals surface area (Å²) in [6, 6.07) is 9.62. The number of hydrogen-bond donors (Lipinski definition) is 1. The molecule has 1 N–H and O–H groups in total. The molecule has 1 saturated carbocycles.